The fourth-order valence-electron chi connectivity index (χ4n) is 2.27. The van der Waals surface area contributed by atoms with Crippen LogP contribution in [0.3, 0.4) is 0 Å². The Labute approximate surface area is 95.2 Å². The van der Waals surface area contributed by atoms with Crippen molar-refractivity contribution < 1.29 is 0 Å². The Bertz CT molecular complexity index is 175. The maximum absolute atomic E-state index is 3.70. The summed E-state index contributed by atoms with van der Waals surface area (Å²) in [6.07, 6.45) is 6.76. The van der Waals surface area contributed by atoms with Gasteiger partial charge in [-0.1, -0.05) is 12.8 Å². The molecule has 0 aromatic rings. The summed E-state index contributed by atoms with van der Waals surface area (Å²) in [5.41, 5.74) is 0.707. The molecule has 1 fully saturated rings. The Morgan fingerprint density at radius 2 is 1.67 bits per heavy atom. The first-order valence-electron chi connectivity index (χ1n) is 6.41. The number of hydrogen-bond donors (Lipinski definition) is 2. The highest BCUT2D eigenvalue weighted by Crippen LogP contribution is 2.28. The third-order valence-corrected chi connectivity index (χ3v) is 3.27. The standard InChI is InChI=1S/C13H28N2/c1-12(2,3)14-10-7-11-15-13(4)8-5-6-9-13/h14-15H,5-11H2,1-4H3. The fourth-order valence-corrected chi connectivity index (χ4v) is 2.27. The average Bonchev–Trinajstić information content (AvgIpc) is 2.50. The molecule has 0 atom stereocenters. The summed E-state index contributed by atoms with van der Waals surface area (Å²) in [6.45, 7) is 11.3. The molecule has 0 heterocycles. The maximum atomic E-state index is 3.70. The highest BCUT2D eigenvalue weighted by atomic mass is 15.0. The topological polar surface area (TPSA) is 24.1 Å². The number of hydrogen-bond acceptors (Lipinski definition) is 2. The predicted octanol–water partition coefficient (Wildman–Crippen LogP) is 2.69. The van der Waals surface area contributed by atoms with Gasteiger partial charge in [-0.25, -0.2) is 0 Å². The summed E-state index contributed by atoms with van der Waals surface area (Å²) >= 11 is 0. The minimum absolute atomic E-state index is 0.261. The van der Waals surface area contributed by atoms with Gasteiger partial charge in [0.05, 0.1) is 0 Å². The lowest BCUT2D eigenvalue weighted by molar-refractivity contribution is 0.352. The normalized spacial score (nSPS) is 20.8. The van der Waals surface area contributed by atoms with E-state index in [1.54, 1.807) is 0 Å². The maximum Gasteiger partial charge on any atom is 0.0153 e. The molecule has 0 aromatic heterocycles. The van der Waals surface area contributed by atoms with E-state index >= 15 is 0 Å². The Morgan fingerprint density at radius 1 is 1.07 bits per heavy atom. The zero-order valence-corrected chi connectivity index (χ0v) is 10.9. The Hall–Kier alpha value is -0.0800. The molecule has 0 bridgehead atoms. The zero-order chi connectivity index (χ0) is 11.4. The third-order valence-electron chi connectivity index (χ3n) is 3.27. The average molecular weight is 212 g/mol. The predicted molar refractivity (Wildman–Crippen MR) is 67.2 cm³/mol. The van der Waals surface area contributed by atoms with Gasteiger partial charge >= 0.3 is 0 Å². The van der Waals surface area contributed by atoms with Crippen LogP contribution in [0.25, 0.3) is 0 Å². The SMILES string of the molecule is CC(C)(C)NCCCNC1(C)CCCC1. The summed E-state index contributed by atoms with van der Waals surface area (Å²) in [7, 11) is 0. The highest BCUT2D eigenvalue weighted by molar-refractivity contribution is 4.87. The van der Waals surface area contributed by atoms with E-state index in [2.05, 4.69) is 38.3 Å². The summed E-state index contributed by atoms with van der Waals surface area (Å²) in [6, 6.07) is 0. The Kier molecular flexibility index (Phi) is 4.60. The molecular formula is C13H28N2. The van der Waals surface area contributed by atoms with Crippen LogP contribution in [0.1, 0.15) is 59.8 Å². The number of rotatable bonds is 5. The second kappa shape index (κ2) is 5.31. The van der Waals surface area contributed by atoms with Gasteiger partial charge in [0.25, 0.3) is 0 Å². The van der Waals surface area contributed by atoms with E-state index in [0.29, 0.717) is 5.54 Å². The molecule has 0 amide bonds. The molecule has 15 heavy (non-hydrogen) atoms. The van der Waals surface area contributed by atoms with Crippen molar-refractivity contribution in [1.29, 1.82) is 0 Å². The van der Waals surface area contributed by atoms with E-state index in [-0.39, 0.29) is 5.54 Å². The van der Waals surface area contributed by atoms with Gasteiger partial charge in [0.15, 0.2) is 0 Å². The van der Waals surface area contributed by atoms with Crippen molar-refractivity contribution in [2.24, 2.45) is 0 Å². The van der Waals surface area contributed by atoms with Crippen molar-refractivity contribution in [3.63, 3.8) is 0 Å². The minimum atomic E-state index is 0.261. The van der Waals surface area contributed by atoms with Gasteiger partial charge in [-0.15, -0.1) is 0 Å². The molecule has 0 radical (unpaired) electrons. The van der Waals surface area contributed by atoms with E-state index in [4.69, 9.17) is 0 Å². The second-order valence-corrected chi connectivity index (χ2v) is 6.22. The van der Waals surface area contributed by atoms with E-state index in [0.717, 1.165) is 13.1 Å². The fraction of sp³-hybridized carbons (Fsp3) is 1.00. The van der Waals surface area contributed by atoms with Crippen LogP contribution in [0.5, 0.6) is 0 Å². The lowest BCUT2D eigenvalue weighted by Gasteiger charge is -2.26. The van der Waals surface area contributed by atoms with Crippen LogP contribution in [0, 0.1) is 0 Å². The van der Waals surface area contributed by atoms with Gasteiger partial charge in [0.2, 0.25) is 0 Å². The van der Waals surface area contributed by atoms with Gasteiger partial charge in [-0.3, -0.25) is 0 Å². The molecule has 0 aliphatic heterocycles. The first-order valence-corrected chi connectivity index (χ1v) is 6.41. The van der Waals surface area contributed by atoms with Crippen LogP contribution in [0.15, 0.2) is 0 Å². The van der Waals surface area contributed by atoms with E-state index in [1.807, 2.05) is 0 Å². The van der Waals surface area contributed by atoms with Gasteiger partial charge < -0.3 is 10.6 Å². The lowest BCUT2D eigenvalue weighted by Crippen LogP contribution is -2.42. The largest absolute Gasteiger partial charge is 0.312 e. The lowest BCUT2D eigenvalue weighted by atomic mass is 10.0. The van der Waals surface area contributed by atoms with Crippen molar-refractivity contribution in [2.45, 2.75) is 70.9 Å². The van der Waals surface area contributed by atoms with Crippen molar-refractivity contribution >= 4 is 0 Å². The molecule has 1 aliphatic rings. The molecule has 0 spiro atoms. The van der Waals surface area contributed by atoms with Crippen LogP contribution in [-0.4, -0.2) is 24.2 Å². The van der Waals surface area contributed by atoms with Crippen molar-refractivity contribution in [1.82, 2.24) is 10.6 Å². The molecule has 1 aliphatic carbocycles. The monoisotopic (exact) mass is 212 g/mol. The molecule has 0 unspecified atom stereocenters. The summed E-state index contributed by atoms with van der Waals surface area (Å²) < 4.78 is 0. The minimum Gasteiger partial charge on any atom is -0.312 e. The summed E-state index contributed by atoms with van der Waals surface area (Å²) in [5, 5.41) is 7.22. The molecule has 2 N–H and O–H groups in total. The summed E-state index contributed by atoms with van der Waals surface area (Å²) in [5.74, 6) is 0. The van der Waals surface area contributed by atoms with E-state index in [1.165, 1.54) is 32.1 Å². The number of nitrogens with one attached hydrogen (secondary N) is 2. The first kappa shape index (κ1) is 13.0. The molecular weight excluding hydrogens is 184 g/mol. The molecule has 2 heteroatoms. The Morgan fingerprint density at radius 3 is 2.20 bits per heavy atom. The van der Waals surface area contributed by atoms with E-state index in [9.17, 15) is 0 Å². The van der Waals surface area contributed by atoms with Crippen LogP contribution in [0.2, 0.25) is 0 Å². The van der Waals surface area contributed by atoms with Crippen LogP contribution >= 0.6 is 0 Å². The molecule has 2 nitrogen and oxygen atoms in total. The van der Waals surface area contributed by atoms with Gasteiger partial charge in [0, 0.05) is 11.1 Å². The zero-order valence-electron chi connectivity index (χ0n) is 10.9. The Balaban J connectivity index is 2.02. The van der Waals surface area contributed by atoms with Crippen molar-refractivity contribution in [3.8, 4) is 0 Å². The quantitative estimate of drug-likeness (QED) is 0.685. The van der Waals surface area contributed by atoms with E-state index < -0.39 is 0 Å². The van der Waals surface area contributed by atoms with Gasteiger partial charge in [-0.2, -0.15) is 0 Å². The molecule has 90 valence electrons. The van der Waals surface area contributed by atoms with Crippen molar-refractivity contribution in [2.75, 3.05) is 13.1 Å². The van der Waals surface area contributed by atoms with Crippen LogP contribution < -0.4 is 10.6 Å². The third kappa shape index (κ3) is 5.53. The van der Waals surface area contributed by atoms with Crippen LogP contribution in [0.4, 0.5) is 0 Å². The van der Waals surface area contributed by atoms with Crippen molar-refractivity contribution in [3.05, 3.63) is 0 Å². The second-order valence-electron chi connectivity index (χ2n) is 6.22. The molecule has 1 rings (SSSR count). The van der Waals surface area contributed by atoms with Crippen LogP contribution in [-0.2, 0) is 0 Å². The molecule has 0 saturated heterocycles. The smallest absolute Gasteiger partial charge is 0.0153 e. The van der Waals surface area contributed by atoms with Gasteiger partial charge in [0.1, 0.15) is 0 Å². The highest BCUT2D eigenvalue weighted by Gasteiger charge is 2.27. The summed E-state index contributed by atoms with van der Waals surface area (Å²) in [4.78, 5) is 0. The van der Waals surface area contributed by atoms with Gasteiger partial charge in [-0.05, 0) is 60.0 Å². The first-order chi connectivity index (χ1) is 6.91. The molecule has 1 saturated carbocycles. The molecule has 0 aromatic carbocycles.